The standard InChI is InChI=1S/C29H21N3O2/c1-3-9-19(10-4-1)25-18-26-22-13-7-8-14-27(22)33-29(32(26)30-25)21-15-16-24-23(17-21)28(34-31-24)20-11-5-2-6-12-20/h1-17,26,29H,18H2. The van der Waals surface area contributed by atoms with E-state index >= 15 is 0 Å². The van der Waals surface area contributed by atoms with Crippen LogP contribution in [0, 0.1) is 0 Å². The lowest BCUT2D eigenvalue weighted by atomic mass is 9.95. The van der Waals surface area contributed by atoms with Gasteiger partial charge in [-0.2, -0.15) is 5.10 Å². The van der Waals surface area contributed by atoms with Gasteiger partial charge in [-0.1, -0.05) is 90.1 Å². The summed E-state index contributed by atoms with van der Waals surface area (Å²) in [5.41, 5.74) is 6.24. The van der Waals surface area contributed by atoms with Gasteiger partial charge >= 0.3 is 0 Å². The van der Waals surface area contributed by atoms with Crippen LogP contribution < -0.4 is 4.74 Å². The van der Waals surface area contributed by atoms with Crippen molar-refractivity contribution < 1.29 is 9.26 Å². The second kappa shape index (κ2) is 7.59. The third-order valence-electron chi connectivity index (χ3n) is 6.63. The first-order chi connectivity index (χ1) is 16.8. The van der Waals surface area contributed by atoms with Crippen molar-refractivity contribution in [3.63, 3.8) is 0 Å². The van der Waals surface area contributed by atoms with E-state index in [2.05, 4.69) is 58.7 Å². The molecule has 1 aromatic heterocycles. The number of rotatable bonds is 3. The summed E-state index contributed by atoms with van der Waals surface area (Å²) in [7, 11) is 0. The van der Waals surface area contributed by atoms with Crippen molar-refractivity contribution in [3.05, 3.63) is 120 Å². The number of para-hydroxylation sites is 1. The first-order valence-electron chi connectivity index (χ1n) is 11.5. The summed E-state index contributed by atoms with van der Waals surface area (Å²) in [6, 6.07) is 35.0. The van der Waals surface area contributed by atoms with Gasteiger partial charge in [-0.25, -0.2) is 5.01 Å². The normalized spacial score (nSPS) is 18.8. The lowest BCUT2D eigenvalue weighted by Gasteiger charge is -2.38. The molecule has 0 radical (unpaired) electrons. The molecule has 0 aliphatic carbocycles. The van der Waals surface area contributed by atoms with Gasteiger partial charge in [0.25, 0.3) is 0 Å². The minimum Gasteiger partial charge on any atom is -0.464 e. The highest BCUT2D eigenvalue weighted by atomic mass is 16.5. The summed E-state index contributed by atoms with van der Waals surface area (Å²) in [5, 5.41) is 12.4. The summed E-state index contributed by atoms with van der Waals surface area (Å²) in [4.78, 5) is 0. The molecule has 2 aliphatic rings. The number of ether oxygens (including phenoxy) is 1. The molecule has 3 heterocycles. The molecule has 0 saturated heterocycles. The molecule has 5 heteroatoms. The van der Waals surface area contributed by atoms with E-state index in [-0.39, 0.29) is 12.3 Å². The van der Waals surface area contributed by atoms with E-state index < -0.39 is 0 Å². The number of hydrazone groups is 1. The Morgan fingerprint density at radius 1 is 0.765 bits per heavy atom. The van der Waals surface area contributed by atoms with Gasteiger partial charge in [0, 0.05) is 23.1 Å². The minimum absolute atomic E-state index is 0.122. The Hall–Kier alpha value is -4.38. The first-order valence-corrected chi connectivity index (χ1v) is 11.5. The van der Waals surface area contributed by atoms with Crippen LogP contribution in [0.25, 0.3) is 22.2 Å². The molecule has 0 amide bonds. The molecule has 5 aromatic rings. The lowest BCUT2D eigenvalue weighted by molar-refractivity contribution is -0.0189. The number of nitrogens with zero attached hydrogens (tertiary/aromatic N) is 3. The molecule has 4 aromatic carbocycles. The molecule has 0 N–H and O–H groups in total. The Labute approximate surface area is 196 Å². The van der Waals surface area contributed by atoms with Crippen LogP contribution in [0.5, 0.6) is 5.75 Å². The predicted molar refractivity (Wildman–Crippen MR) is 131 cm³/mol. The third-order valence-corrected chi connectivity index (χ3v) is 6.63. The van der Waals surface area contributed by atoms with E-state index in [4.69, 9.17) is 14.4 Å². The fourth-order valence-corrected chi connectivity index (χ4v) is 4.97. The molecule has 34 heavy (non-hydrogen) atoms. The molecule has 0 saturated carbocycles. The van der Waals surface area contributed by atoms with Gasteiger partial charge in [0.15, 0.2) is 5.76 Å². The smallest absolute Gasteiger partial charge is 0.213 e. The van der Waals surface area contributed by atoms with Gasteiger partial charge in [-0.3, -0.25) is 0 Å². The quantitative estimate of drug-likeness (QED) is 0.310. The average molecular weight is 444 g/mol. The zero-order chi connectivity index (χ0) is 22.5. The Morgan fingerprint density at radius 2 is 1.50 bits per heavy atom. The molecular formula is C29H21N3O2. The summed E-state index contributed by atoms with van der Waals surface area (Å²) >= 11 is 0. The number of fused-ring (bicyclic) bond motifs is 4. The van der Waals surface area contributed by atoms with Crippen molar-refractivity contribution in [1.82, 2.24) is 10.2 Å². The van der Waals surface area contributed by atoms with Gasteiger partial charge in [-0.05, 0) is 23.8 Å². The fraction of sp³-hybridized carbons (Fsp3) is 0.103. The topological polar surface area (TPSA) is 50.9 Å². The molecule has 7 rings (SSSR count). The Bertz CT molecular complexity index is 1530. The minimum atomic E-state index is -0.343. The third kappa shape index (κ3) is 3.01. The van der Waals surface area contributed by atoms with Gasteiger partial charge in [0.1, 0.15) is 11.3 Å². The second-order valence-corrected chi connectivity index (χ2v) is 8.67. The molecule has 164 valence electrons. The van der Waals surface area contributed by atoms with Crippen LogP contribution in [-0.4, -0.2) is 15.9 Å². The molecule has 0 spiro atoms. The Morgan fingerprint density at radius 3 is 2.32 bits per heavy atom. The van der Waals surface area contributed by atoms with Crippen LogP contribution in [-0.2, 0) is 0 Å². The highest BCUT2D eigenvalue weighted by Crippen LogP contribution is 2.47. The van der Waals surface area contributed by atoms with E-state index in [9.17, 15) is 0 Å². The lowest BCUT2D eigenvalue weighted by Crippen LogP contribution is -2.33. The number of benzene rings is 4. The van der Waals surface area contributed by atoms with Crippen molar-refractivity contribution in [2.45, 2.75) is 18.7 Å². The van der Waals surface area contributed by atoms with Crippen molar-refractivity contribution >= 4 is 16.6 Å². The zero-order valence-corrected chi connectivity index (χ0v) is 18.3. The number of aromatic nitrogens is 1. The summed E-state index contributed by atoms with van der Waals surface area (Å²) in [5.74, 6) is 1.67. The maximum Gasteiger partial charge on any atom is 0.213 e. The van der Waals surface area contributed by atoms with Crippen LogP contribution in [0.3, 0.4) is 0 Å². The summed E-state index contributed by atoms with van der Waals surface area (Å²) < 4.78 is 12.3. The van der Waals surface area contributed by atoms with E-state index in [1.165, 1.54) is 5.56 Å². The average Bonchev–Trinajstić information content (AvgIpc) is 3.54. The molecule has 0 bridgehead atoms. The summed E-state index contributed by atoms with van der Waals surface area (Å²) in [6.45, 7) is 0. The first kappa shape index (κ1) is 19.1. The molecule has 2 atom stereocenters. The predicted octanol–water partition coefficient (Wildman–Crippen LogP) is 6.74. The largest absolute Gasteiger partial charge is 0.464 e. The Kier molecular flexibility index (Phi) is 4.27. The van der Waals surface area contributed by atoms with Crippen LogP contribution in [0.15, 0.2) is 113 Å². The molecule has 0 fully saturated rings. The molecule has 2 unspecified atom stereocenters. The van der Waals surface area contributed by atoms with Crippen LogP contribution in [0.2, 0.25) is 0 Å². The highest BCUT2D eigenvalue weighted by Gasteiger charge is 2.41. The van der Waals surface area contributed by atoms with Crippen molar-refractivity contribution in [2.24, 2.45) is 5.10 Å². The van der Waals surface area contributed by atoms with Crippen LogP contribution in [0.4, 0.5) is 0 Å². The van der Waals surface area contributed by atoms with E-state index in [1.54, 1.807) is 0 Å². The zero-order valence-electron chi connectivity index (χ0n) is 18.3. The fourth-order valence-electron chi connectivity index (χ4n) is 4.97. The van der Waals surface area contributed by atoms with Crippen LogP contribution >= 0.6 is 0 Å². The van der Waals surface area contributed by atoms with E-state index in [0.717, 1.165) is 51.2 Å². The SMILES string of the molecule is c1ccc(C2=NN3C(C2)c2ccccc2OC3c2ccc3noc(-c4ccccc4)c3c2)cc1. The van der Waals surface area contributed by atoms with Gasteiger partial charge in [0.05, 0.1) is 17.1 Å². The maximum atomic E-state index is 6.56. The van der Waals surface area contributed by atoms with Crippen molar-refractivity contribution in [2.75, 3.05) is 0 Å². The number of hydrogen-bond acceptors (Lipinski definition) is 5. The van der Waals surface area contributed by atoms with Crippen molar-refractivity contribution in [3.8, 4) is 17.1 Å². The Balaban J connectivity index is 1.35. The van der Waals surface area contributed by atoms with E-state index in [0.29, 0.717) is 0 Å². The highest BCUT2D eigenvalue weighted by molar-refractivity contribution is 6.02. The summed E-state index contributed by atoms with van der Waals surface area (Å²) in [6.07, 6.45) is 0.495. The molecule has 5 nitrogen and oxygen atoms in total. The maximum absolute atomic E-state index is 6.56. The van der Waals surface area contributed by atoms with E-state index in [1.807, 2.05) is 54.6 Å². The number of hydrogen-bond donors (Lipinski definition) is 0. The molecular weight excluding hydrogens is 422 g/mol. The van der Waals surface area contributed by atoms with Gasteiger partial charge < -0.3 is 9.26 Å². The molecule has 2 aliphatic heterocycles. The van der Waals surface area contributed by atoms with Gasteiger partial charge in [0.2, 0.25) is 6.23 Å². The van der Waals surface area contributed by atoms with Gasteiger partial charge in [-0.15, -0.1) is 0 Å². The monoisotopic (exact) mass is 443 g/mol. The second-order valence-electron chi connectivity index (χ2n) is 8.67. The van der Waals surface area contributed by atoms with Crippen molar-refractivity contribution in [1.29, 1.82) is 0 Å². The van der Waals surface area contributed by atoms with Crippen LogP contribution in [0.1, 0.15) is 35.4 Å².